The number of hydrogen-bond acceptors (Lipinski definition) is 4. The number of nitrogens with zero attached hydrogens (tertiary/aromatic N) is 3. The Labute approximate surface area is 189 Å². The Kier molecular flexibility index (Phi) is 6.65. The summed E-state index contributed by atoms with van der Waals surface area (Å²) in [5.41, 5.74) is -0.730. The van der Waals surface area contributed by atoms with Crippen molar-refractivity contribution < 1.29 is 18.0 Å². The molecule has 33 heavy (non-hydrogen) atoms. The summed E-state index contributed by atoms with van der Waals surface area (Å²) in [6, 6.07) is 9.97. The standard InChI is InChI=1S/C25H24F3N3O2/c1-29-11-13-30(14-12-29)24-20(27)15-18-23(22(24)28)31(10-9-26)16-19(25(18)33)21(32)8-7-17-5-3-2-4-6-17/h2-8,15-16H,9-14H2,1H3/b8-7+. The molecule has 0 N–H and O–H groups in total. The number of aryl methyl sites for hydroxylation is 1. The van der Waals surface area contributed by atoms with E-state index in [0.29, 0.717) is 26.2 Å². The Morgan fingerprint density at radius 3 is 2.45 bits per heavy atom. The molecule has 0 spiro atoms. The van der Waals surface area contributed by atoms with Gasteiger partial charge in [-0.25, -0.2) is 13.2 Å². The number of rotatable bonds is 6. The zero-order chi connectivity index (χ0) is 23.5. The Balaban J connectivity index is 1.82. The number of carbonyl (C=O) groups is 1. The first-order chi connectivity index (χ1) is 15.9. The molecule has 1 fully saturated rings. The minimum atomic E-state index is -0.918. The van der Waals surface area contributed by atoms with Gasteiger partial charge in [-0.2, -0.15) is 0 Å². The van der Waals surface area contributed by atoms with Gasteiger partial charge in [0.25, 0.3) is 0 Å². The number of hydrogen-bond donors (Lipinski definition) is 0. The van der Waals surface area contributed by atoms with E-state index in [9.17, 15) is 14.0 Å². The van der Waals surface area contributed by atoms with Crippen LogP contribution in [0.5, 0.6) is 0 Å². The molecule has 0 atom stereocenters. The lowest BCUT2D eigenvalue weighted by Crippen LogP contribution is -2.45. The Morgan fingerprint density at radius 2 is 1.79 bits per heavy atom. The van der Waals surface area contributed by atoms with Gasteiger partial charge in [-0.1, -0.05) is 36.4 Å². The van der Waals surface area contributed by atoms with Crippen LogP contribution in [0, 0.1) is 11.6 Å². The maximum Gasteiger partial charge on any atom is 0.200 e. The Bertz CT molecular complexity index is 1260. The van der Waals surface area contributed by atoms with Gasteiger partial charge in [0.15, 0.2) is 11.6 Å². The van der Waals surface area contributed by atoms with Crippen LogP contribution in [0.4, 0.5) is 18.9 Å². The third kappa shape index (κ3) is 4.57. The van der Waals surface area contributed by atoms with Crippen LogP contribution in [0.25, 0.3) is 17.0 Å². The lowest BCUT2D eigenvalue weighted by Gasteiger charge is -2.34. The molecule has 1 saturated heterocycles. The van der Waals surface area contributed by atoms with Crippen molar-refractivity contribution in [2.75, 3.05) is 44.8 Å². The highest BCUT2D eigenvalue weighted by atomic mass is 19.1. The topological polar surface area (TPSA) is 45.6 Å². The molecule has 172 valence electrons. The van der Waals surface area contributed by atoms with E-state index in [0.717, 1.165) is 17.8 Å². The number of allylic oxidation sites excluding steroid dienone is 1. The van der Waals surface area contributed by atoms with Gasteiger partial charge >= 0.3 is 0 Å². The van der Waals surface area contributed by atoms with Gasteiger partial charge in [0.05, 0.1) is 23.0 Å². The molecule has 4 rings (SSSR count). The summed E-state index contributed by atoms with van der Waals surface area (Å²) in [7, 11) is 1.92. The summed E-state index contributed by atoms with van der Waals surface area (Å²) < 4.78 is 45.1. The number of alkyl halides is 1. The van der Waals surface area contributed by atoms with Gasteiger partial charge in [-0.3, -0.25) is 9.59 Å². The average molecular weight is 455 g/mol. The van der Waals surface area contributed by atoms with Crippen molar-refractivity contribution in [1.82, 2.24) is 9.47 Å². The predicted molar refractivity (Wildman–Crippen MR) is 124 cm³/mol. The van der Waals surface area contributed by atoms with Crippen LogP contribution in [0.2, 0.25) is 0 Å². The SMILES string of the molecule is CN1CCN(c2c(F)cc3c(=O)c(C(=O)/C=C/c4ccccc4)cn(CCF)c3c2F)CC1. The lowest BCUT2D eigenvalue weighted by atomic mass is 10.0. The molecular weight excluding hydrogens is 431 g/mol. The van der Waals surface area contributed by atoms with Crippen molar-refractivity contribution in [3.63, 3.8) is 0 Å². The van der Waals surface area contributed by atoms with Gasteiger partial charge in [-0.15, -0.1) is 0 Å². The number of ketones is 1. The number of anilines is 1. The van der Waals surface area contributed by atoms with Gasteiger partial charge in [0, 0.05) is 32.4 Å². The highest BCUT2D eigenvalue weighted by Gasteiger charge is 2.26. The molecule has 1 aliphatic heterocycles. The summed E-state index contributed by atoms with van der Waals surface area (Å²) in [4.78, 5) is 29.5. The van der Waals surface area contributed by atoms with Gasteiger partial charge in [0.2, 0.25) is 5.43 Å². The minimum Gasteiger partial charge on any atom is -0.364 e. The molecule has 3 aromatic rings. The first kappa shape index (κ1) is 22.8. The summed E-state index contributed by atoms with van der Waals surface area (Å²) in [5, 5.41) is -0.282. The van der Waals surface area contributed by atoms with Crippen molar-refractivity contribution in [1.29, 1.82) is 0 Å². The molecule has 8 heteroatoms. The molecule has 0 bridgehead atoms. The second-order valence-electron chi connectivity index (χ2n) is 8.07. The lowest BCUT2D eigenvalue weighted by molar-refractivity contribution is 0.104. The summed E-state index contributed by atoms with van der Waals surface area (Å²) in [5.74, 6) is -2.42. The van der Waals surface area contributed by atoms with Gasteiger partial charge in [-0.05, 0) is 24.8 Å². The van der Waals surface area contributed by atoms with Crippen LogP contribution in [0.1, 0.15) is 15.9 Å². The minimum absolute atomic E-state index is 0.198. The maximum absolute atomic E-state index is 15.6. The number of likely N-dealkylation sites (N-methyl/N-ethyl adjacent to an activating group) is 1. The molecule has 2 heterocycles. The zero-order valence-corrected chi connectivity index (χ0v) is 18.2. The van der Waals surface area contributed by atoms with E-state index in [4.69, 9.17) is 0 Å². The zero-order valence-electron chi connectivity index (χ0n) is 18.2. The highest BCUT2D eigenvalue weighted by Crippen LogP contribution is 2.31. The smallest absolute Gasteiger partial charge is 0.200 e. The Morgan fingerprint density at radius 1 is 1.09 bits per heavy atom. The second kappa shape index (κ2) is 9.62. The van der Waals surface area contributed by atoms with E-state index in [-0.39, 0.29) is 28.7 Å². The van der Waals surface area contributed by atoms with Crippen molar-refractivity contribution >= 4 is 28.4 Å². The third-order valence-corrected chi connectivity index (χ3v) is 5.87. The summed E-state index contributed by atoms with van der Waals surface area (Å²) in [6.07, 6.45) is 3.93. The fourth-order valence-corrected chi connectivity index (χ4v) is 4.07. The van der Waals surface area contributed by atoms with Crippen LogP contribution in [0.15, 0.2) is 53.5 Å². The number of halogens is 3. The number of fused-ring (bicyclic) bond motifs is 1. The van der Waals surface area contributed by atoms with Crippen LogP contribution in [0.3, 0.4) is 0 Å². The molecular formula is C25H24F3N3O2. The predicted octanol–water partition coefficient (Wildman–Crippen LogP) is 3.90. The van der Waals surface area contributed by atoms with E-state index in [1.807, 2.05) is 18.0 Å². The summed E-state index contributed by atoms with van der Waals surface area (Å²) >= 11 is 0. The molecule has 1 aromatic heterocycles. The van der Waals surface area contributed by atoms with Gasteiger partial charge in [0.1, 0.15) is 18.2 Å². The molecule has 0 aliphatic carbocycles. The summed E-state index contributed by atoms with van der Waals surface area (Å²) in [6.45, 7) is 0.995. The van der Waals surface area contributed by atoms with E-state index >= 15 is 8.78 Å². The molecule has 0 radical (unpaired) electrons. The van der Waals surface area contributed by atoms with E-state index in [1.54, 1.807) is 35.2 Å². The van der Waals surface area contributed by atoms with E-state index < -0.39 is 29.5 Å². The maximum atomic E-state index is 15.6. The van der Waals surface area contributed by atoms with Crippen LogP contribution in [-0.2, 0) is 6.54 Å². The largest absolute Gasteiger partial charge is 0.364 e. The quantitative estimate of drug-likeness (QED) is 0.418. The highest BCUT2D eigenvalue weighted by molar-refractivity contribution is 6.08. The van der Waals surface area contributed by atoms with Crippen molar-refractivity contribution in [2.45, 2.75) is 6.54 Å². The molecule has 2 aromatic carbocycles. The fraction of sp³-hybridized carbons (Fsp3) is 0.280. The molecule has 0 unspecified atom stereocenters. The number of benzene rings is 2. The third-order valence-electron chi connectivity index (χ3n) is 5.87. The van der Waals surface area contributed by atoms with Crippen molar-refractivity contribution in [3.8, 4) is 0 Å². The normalized spacial score (nSPS) is 15.0. The van der Waals surface area contributed by atoms with Gasteiger partial charge < -0.3 is 14.4 Å². The number of carbonyl (C=O) groups excluding carboxylic acids is 1. The van der Waals surface area contributed by atoms with Crippen LogP contribution < -0.4 is 10.3 Å². The first-order valence-corrected chi connectivity index (χ1v) is 10.7. The average Bonchev–Trinajstić information content (AvgIpc) is 2.81. The first-order valence-electron chi connectivity index (χ1n) is 10.7. The second-order valence-corrected chi connectivity index (χ2v) is 8.07. The van der Waals surface area contributed by atoms with E-state index in [1.165, 1.54) is 10.6 Å². The monoisotopic (exact) mass is 455 g/mol. The van der Waals surface area contributed by atoms with Crippen molar-refractivity contribution in [2.24, 2.45) is 0 Å². The number of pyridine rings is 1. The van der Waals surface area contributed by atoms with Crippen LogP contribution >= 0.6 is 0 Å². The van der Waals surface area contributed by atoms with Crippen molar-refractivity contribution in [3.05, 3.63) is 81.7 Å². The fourth-order valence-electron chi connectivity index (χ4n) is 4.07. The molecule has 1 aliphatic rings. The van der Waals surface area contributed by atoms with Crippen LogP contribution in [-0.4, -0.2) is 55.2 Å². The Hall–Kier alpha value is -3.39. The number of piperazine rings is 1. The van der Waals surface area contributed by atoms with E-state index in [2.05, 4.69) is 0 Å². The molecule has 0 saturated carbocycles. The number of aromatic nitrogens is 1. The molecule has 5 nitrogen and oxygen atoms in total. The molecule has 0 amide bonds.